The molecule has 0 heterocycles. The van der Waals surface area contributed by atoms with Crippen LogP contribution in [0.4, 0.5) is 0 Å². The average molecular weight is 663 g/mol. The van der Waals surface area contributed by atoms with Crippen LogP contribution in [0.15, 0.2) is 0 Å². The molecule has 47 heavy (non-hydrogen) atoms. The second kappa shape index (κ2) is 43.5. The lowest BCUT2D eigenvalue weighted by atomic mass is 10.0. The number of unbranched alkanes of at least 4 members (excludes halogenated alkanes) is 38. The zero-order chi connectivity index (χ0) is 34.0. The minimum absolute atomic E-state index is 0.0315. The van der Waals surface area contributed by atoms with Gasteiger partial charge in [0.25, 0.3) is 0 Å². The molecule has 0 aliphatic heterocycles. The molecule has 0 rings (SSSR count). The van der Waals surface area contributed by atoms with Crippen LogP contribution in [-0.4, -0.2) is 12.6 Å². The Kier molecular flexibility index (Phi) is 43.0. The van der Waals surface area contributed by atoms with E-state index in [1.165, 1.54) is 244 Å². The van der Waals surface area contributed by atoms with E-state index in [-0.39, 0.29) is 5.97 Å². The van der Waals surface area contributed by atoms with Gasteiger partial charge in [0.15, 0.2) is 0 Å². The Labute approximate surface area is 298 Å². The predicted octanol–water partition coefficient (Wildman–Crippen LogP) is 16.6. The van der Waals surface area contributed by atoms with E-state index in [4.69, 9.17) is 4.74 Å². The summed E-state index contributed by atoms with van der Waals surface area (Å²) in [6.07, 6.45) is 56.4. The van der Waals surface area contributed by atoms with E-state index in [0.29, 0.717) is 13.0 Å². The van der Waals surface area contributed by atoms with Gasteiger partial charge in [-0.3, -0.25) is 4.79 Å². The van der Waals surface area contributed by atoms with Crippen molar-refractivity contribution in [3.05, 3.63) is 0 Å². The van der Waals surface area contributed by atoms with Crippen molar-refractivity contribution < 1.29 is 9.53 Å². The molecule has 0 atom stereocenters. The fourth-order valence-electron chi connectivity index (χ4n) is 7.14. The summed E-state index contributed by atoms with van der Waals surface area (Å²) in [6, 6.07) is 0. The van der Waals surface area contributed by atoms with Crippen LogP contribution >= 0.6 is 0 Å². The van der Waals surface area contributed by atoms with Crippen molar-refractivity contribution in [2.24, 2.45) is 0 Å². The van der Waals surface area contributed by atoms with Gasteiger partial charge in [0, 0.05) is 6.42 Å². The molecule has 0 radical (unpaired) electrons. The normalized spacial score (nSPS) is 11.4. The molecule has 2 heteroatoms. The molecule has 0 saturated heterocycles. The summed E-state index contributed by atoms with van der Waals surface area (Å²) in [7, 11) is 0. The largest absolute Gasteiger partial charge is 0.466 e. The van der Waals surface area contributed by atoms with Crippen molar-refractivity contribution in [3.8, 4) is 0 Å². The summed E-state index contributed by atoms with van der Waals surface area (Å²) in [5.41, 5.74) is 0. The van der Waals surface area contributed by atoms with Gasteiger partial charge in [0.1, 0.15) is 0 Å². The predicted molar refractivity (Wildman–Crippen MR) is 212 cm³/mol. The summed E-state index contributed by atoms with van der Waals surface area (Å²) in [5, 5.41) is 0. The minimum atomic E-state index is 0.0315. The van der Waals surface area contributed by atoms with E-state index in [9.17, 15) is 4.79 Å². The highest BCUT2D eigenvalue weighted by Crippen LogP contribution is 2.17. The molecule has 0 bridgehead atoms. The van der Waals surface area contributed by atoms with Gasteiger partial charge in [-0.2, -0.15) is 0 Å². The number of ether oxygens (including phenoxy) is 1. The summed E-state index contributed by atoms with van der Waals surface area (Å²) in [4.78, 5) is 12.0. The first-order valence-electron chi connectivity index (χ1n) is 22.5. The molecule has 0 saturated carbocycles. The Morgan fingerprint density at radius 1 is 0.277 bits per heavy atom. The average Bonchev–Trinajstić information content (AvgIpc) is 3.08. The van der Waals surface area contributed by atoms with Gasteiger partial charge < -0.3 is 4.74 Å². The van der Waals surface area contributed by atoms with Crippen LogP contribution in [0.3, 0.4) is 0 Å². The fourth-order valence-corrected chi connectivity index (χ4v) is 7.14. The van der Waals surface area contributed by atoms with Crippen LogP contribution < -0.4 is 0 Å². The summed E-state index contributed by atoms with van der Waals surface area (Å²) in [5.74, 6) is 0.0315. The van der Waals surface area contributed by atoms with Gasteiger partial charge >= 0.3 is 5.97 Å². The molecule has 0 amide bonds. The molecular formula is C45H90O2. The van der Waals surface area contributed by atoms with Crippen LogP contribution in [0, 0.1) is 0 Å². The van der Waals surface area contributed by atoms with E-state index < -0.39 is 0 Å². The molecule has 0 unspecified atom stereocenters. The first kappa shape index (κ1) is 46.5. The van der Waals surface area contributed by atoms with Gasteiger partial charge in [-0.05, 0) is 12.8 Å². The fraction of sp³-hybridized carbons (Fsp3) is 0.978. The smallest absolute Gasteiger partial charge is 0.305 e. The van der Waals surface area contributed by atoms with Gasteiger partial charge in [-0.1, -0.05) is 258 Å². The number of esters is 1. The maximum Gasteiger partial charge on any atom is 0.305 e. The quantitative estimate of drug-likeness (QED) is 0.0480. The van der Waals surface area contributed by atoms with Crippen molar-refractivity contribution in [2.75, 3.05) is 6.61 Å². The van der Waals surface area contributed by atoms with Crippen LogP contribution in [0.25, 0.3) is 0 Å². The van der Waals surface area contributed by atoms with Gasteiger partial charge in [0.2, 0.25) is 0 Å². The summed E-state index contributed by atoms with van der Waals surface area (Å²) in [6.45, 7) is 5.23. The number of carbonyl (C=O) groups excluding carboxylic acids is 1. The molecule has 282 valence electrons. The van der Waals surface area contributed by atoms with Crippen LogP contribution in [0.5, 0.6) is 0 Å². The lowest BCUT2D eigenvalue weighted by Gasteiger charge is -2.06. The van der Waals surface area contributed by atoms with Crippen molar-refractivity contribution in [2.45, 2.75) is 277 Å². The molecule has 0 aromatic rings. The molecule has 0 aromatic carbocycles. The summed E-state index contributed by atoms with van der Waals surface area (Å²) >= 11 is 0. The van der Waals surface area contributed by atoms with Gasteiger partial charge in [0.05, 0.1) is 6.61 Å². The lowest BCUT2D eigenvalue weighted by Crippen LogP contribution is -2.05. The van der Waals surface area contributed by atoms with Gasteiger partial charge in [-0.25, -0.2) is 0 Å². The minimum Gasteiger partial charge on any atom is -0.466 e. The molecule has 0 aliphatic rings. The van der Waals surface area contributed by atoms with Gasteiger partial charge in [-0.15, -0.1) is 0 Å². The van der Waals surface area contributed by atoms with Crippen molar-refractivity contribution in [1.82, 2.24) is 0 Å². The second-order valence-corrected chi connectivity index (χ2v) is 15.4. The SMILES string of the molecule is CCCCCCCCCCCCCCCCCCCCCCCCCCCOC(=O)CCCCCCCCCCCCCCCCC. The van der Waals surface area contributed by atoms with E-state index >= 15 is 0 Å². The first-order valence-corrected chi connectivity index (χ1v) is 22.5. The third-order valence-corrected chi connectivity index (χ3v) is 10.5. The monoisotopic (exact) mass is 663 g/mol. The number of hydrogen-bond donors (Lipinski definition) is 0. The van der Waals surface area contributed by atoms with E-state index in [1.54, 1.807) is 0 Å². The molecule has 0 spiro atoms. The van der Waals surface area contributed by atoms with E-state index in [2.05, 4.69) is 13.8 Å². The van der Waals surface area contributed by atoms with Crippen molar-refractivity contribution in [1.29, 1.82) is 0 Å². The van der Waals surface area contributed by atoms with E-state index in [0.717, 1.165) is 12.8 Å². The highest BCUT2D eigenvalue weighted by Gasteiger charge is 2.03. The standard InChI is InChI=1S/C45H90O2/c1-3-5-7-9-11-13-15-17-19-20-21-22-23-24-25-26-27-28-30-32-34-36-38-40-42-44-47-45(46)43-41-39-37-35-33-31-29-18-16-14-12-10-8-6-4-2/h3-44H2,1-2H3. The highest BCUT2D eigenvalue weighted by molar-refractivity contribution is 5.69. The lowest BCUT2D eigenvalue weighted by molar-refractivity contribution is -0.143. The van der Waals surface area contributed by atoms with Crippen LogP contribution in [0.1, 0.15) is 277 Å². The first-order chi connectivity index (χ1) is 23.3. The Balaban J connectivity index is 3.13. The Hall–Kier alpha value is -0.530. The molecule has 0 fully saturated rings. The van der Waals surface area contributed by atoms with Crippen molar-refractivity contribution >= 4 is 5.97 Å². The molecule has 0 aromatic heterocycles. The number of rotatable bonds is 42. The molecule has 0 N–H and O–H groups in total. The zero-order valence-corrected chi connectivity index (χ0v) is 33.0. The molecule has 0 aliphatic carbocycles. The Morgan fingerprint density at radius 2 is 0.468 bits per heavy atom. The summed E-state index contributed by atoms with van der Waals surface area (Å²) < 4.78 is 5.47. The van der Waals surface area contributed by atoms with Crippen molar-refractivity contribution in [3.63, 3.8) is 0 Å². The number of carbonyl (C=O) groups is 1. The zero-order valence-electron chi connectivity index (χ0n) is 33.0. The van der Waals surface area contributed by atoms with Crippen LogP contribution in [0.2, 0.25) is 0 Å². The van der Waals surface area contributed by atoms with E-state index in [1.807, 2.05) is 0 Å². The molecular weight excluding hydrogens is 572 g/mol. The molecule has 2 nitrogen and oxygen atoms in total. The Bertz CT molecular complexity index is 558. The highest BCUT2D eigenvalue weighted by atomic mass is 16.5. The Morgan fingerprint density at radius 3 is 0.702 bits per heavy atom. The maximum atomic E-state index is 12.0. The maximum absolute atomic E-state index is 12.0. The number of hydrogen-bond acceptors (Lipinski definition) is 2. The van der Waals surface area contributed by atoms with Crippen LogP contribution in [-0.2, 0) is 9.53 Å². The third kappa shape index (κ3) is 43.4. The third-order valence-electron chi connectivity index (χ3n) is 10.5. The second-order valence-electron chi connectivity index (χ2n) is 15.4. The topological polar surface area (TPSA) is 26.3 Å².